The molecule has 1 amide bonds. The molecule has 9 nitrogen and oxygen atoms in total. The van der Waals surface area contributed by atoms with E-state index in [-0.39, 0.29) is 5.91 Å². The van der Waals surface area contributed by atoms with Crippen LogP contribution < -0.4 is 26.0 Å². The third kappa shape index (κ3) is 3.67. The molecule has 4 aromatic rings. The van der Waals surface area contributed by atoms with E-state index in [9.17, 15) is 14.4 Å². The first-order valence-electron chi connectivity index (χ1n) is 10.2. The summed E-state index contributed by atoms with van der Waals surface area (Å²) in [5, 5.41) is 3.14. The molecular formula is C24H24N4O5. The van der Waals surface area contributed by atoms with Crippen molar-refractivity contribution in [1.29, 1.82) is 0 Å². The van der Waals surface area contributed by atoms with Crippen molar-refractivity contribution >= 4 is 22.5 Å². The van der Waals surface area contributed by atoms with Crippen LogP contribution in [0.1, 0.15) is 6.92 Å². The molecule has 0 spiro atoms. The van der Waals surface area contributed by atoms with Crippen LogP contribution in [0.4, 0.5) is 5.69 Å². The summed E-state index contributed by atoms with van der Waals surface area (Å²) in [6.07, 6.45) is 1.76. The minimum absolute atomic E-state index is 0.168. The summed E-state index contributed by atoms with van der Waals surface area (Å²) in [4.78, 5) is 37.2. The van der Waals surface area contributed by atoms with E-state index in [0.717, 1.165) is 10.3 Å². The van der Waals surface area contributed by atoms with Gasteiger partial charge >= 0.3 is 5.69 Å². The van der Waals surface area contributed by atoms with E-state index in [1.54, 1.807) is 51.7 Å². The maximum atomic E-state index is 13.2. The van der Waals surface area contributed by atoms with Crippen LogP contribution in [-0.4, -0.2) is 33.8 Å². The summed E-state index contributed by atoms with van der Waals surface area (Å²) in [5.74, 6) is 0.904. The van der Waals surface area contributed by atoms with Gasteiger partial charge in [0.05, 0.1) is 30.8 Å². The molecule has 1 N–H and O–H groups in total. The summed E-state index contributed by atoms with van der Waals surface area (Å²) in [7, 11) is 6.19. The molecule has 2 heterocycles. The summed E-state index contributed by atoms with van der Waals surface area (Å²) in [5.41, 5.74) is 2.41. The second-order valence-corrected chi connectivity index (χ2v) is 7.61. The van der Waals surface area contributed by atoms with Gasteiger partial charge in [0.15, 0.2) is 11.5 Å². The predicted molar refractivity (Wildman–Crippen MR) is 127 cm³/mol. The molecule has 0 radical (unpaired) electrons. The number of carbonyl (C=O) groups is 1. The monoisotopic (exact) mass is 448 g/mol. The Balaban J connectivity index is 2.06. The highest BCUT2D eigenvalue weighted by Crippen LogP contribution is 2.36. The van der Waals surface area contributed by atoms with Crippen LogP contribution in [-0.2, 0) is 18.9 Å². The number of ether oxygens (including phenoxy) is 2. The maximum absolute atomic E-state index is 13.2. The van der Waals surface area contributed by atoms with Crippen LogP contribution in [0.25, 0.3) is 27.8 Å². The Morgan fingerprint density at radius 2 is 1.58 bits per heavy atom. The van der Waals surface area contributed by atoms with Gasteiger partial charge in [-0.15, -0.1) is 0 Å². The van der Waals surface area contributed by atoms with Crippen molar-refractivity contribution in [1.82, 2.24) is 13.7 Å². The van der Waals surface area contributed by atoms with Gasteiger partial charge in [-0.25, -0.2) is 4.79 Å². The van der Waals surface area contributed by atoms with Crippen LogP contribution in [0.3, 0.4) is 0 Å². The molecule has 33 heavy (non-hydrogen) atoms. The second-order valence-electron chi connectivity index (χ2n) is 7.61. The standard InChI is InChI=1S/C24H24N4O5/c1-14(29)25-16-7-9-17(10-8-16)28-13-18-21(23(30)27(3)24(31)26(18)2)22(28)15-6-11-19(32-4)20(12-15)33-5/h6-13H,1-5H3,(H,25,29). The van der Waals surface area contributed by atoms with Gasteiger partial charge < -0.3 is 19.4 Å². The summed E-state index contributed by atoms with van der Waals surface area (Å²) in [6, 6.07) is 12.6. The number of hydrogen-bond donors (Lipinski definition) is 1. The molecular weight excluding hydrogens is 424 g/mol. The number of nitrogens with zero attached hydrogens (tertiary/aromatic N) is 3. The summed E-state index contributed by atoms with van der Waals surface area (Å²) in [6.45, 7) is 1.44. The van der Waals surface area contributed by atoms with Crippen molar-refractivity contribution in [3.63, 3.8) is 0 Å². The number of rotatable bonds is 5. The van der Waals surface area contributed by atoms with Gasteiger partial charge in [-0.05, 0) is 42.5 Å². The van der Waals surface area contributed by atoms with Crippen molar-refractivity contribution < 1.29 is 14.3 Å². The molecule has 0 unspecified atom stereocenters. The Kier molecular flexibility index (Phi) is 5.55. The zero-order valence-corrected chi connectivity index (χ0v) is 19.0. The van der Waals surface area contributed by atoms with Crippen LogP contribution in [0.15, 0.2) is 58.3 Å². The van der Waals surface area contributed by atoms with Gasteiger partial charge in [-0.1, -0.05) is 0 Å². The first kappa shape index (κ1) is 21.9. The summed E-state index contributed by atoms with van der Waals surface area (Å²) < 4.78 is 15.2. The minimum atomic E-state index is -0.412. The number of amides is 1. The number of benzene rings is 2. The number of aromatic nitrogens is 3. The molecule has 0 aliphatic rings. The molecule has 0 bridgehead atoms. The van der Waals surface area contributed by atoms with E-state index in [0.29, 0.717) is 39.3 Å². The Morgan fingerprint density at radius 1 is 0.909 bits per heavy atom. The Hall–Kier alpha value is -4.27. The zero-order chi connectivity index (χ0) is 23.9. The molecule has 0 saturated carbocycles. The molecule has 2 aromatic carbocycles. The van der Waals surface area contributed by atoms with Crippen LogP contribution in [0.5, 0.6) is 11.5 Å². The van der Waals surface area contributed by atoms with E-state index < -0.39 is 11.2 Å². The fraction of sp³-hybridized carbons (Fsp3) is 0.208. The predicted octanol–water partition coefficient (Wildman–Crippen LogP) is 2.67. The normalized spacial score (nSPS) is 10.9. The topological polar surface area (TPSA) is 96.5 Å². The lowest BCUT2D eigenvalue weighted by molar-refractivity contribution is -0.114. The van der Waals surface area contributed by atoms with Crippen molar-refractivity contribution in [3.05, 3.63) is 69.5 Å². The number of nitrogens with one attached hydrogen (secondary N) is 1. The van der Waals surface area contributed by atoms with Crippen molar-refractivity contribution in [2.75, 3.05) is 19.5 Å². The second kappa shape index (κ2) is 8.34. The molecule has 9 heteroatoms. The quantitative estimate of drug-likeness (QED) is 0.506. The van der Waals surface area contributed by atoms with Crippen LogP contribution >= 0.6 is 0 Å². The molecule has 0 aliphatic carbocycles. The van der Waals surface area contributed by atoms with Gasteiger partial charge in [-0.2, -0.15) is 0 Å². The zero-order valence-electron chi connectivity index (χ0n) is 19.0. The lowest BCUT2D eigenvalue weighted by Gasteiger charge is -2.13. The average Bonchev–Trinajstić information content (AvgIpc) is 3.21. The van der Waals surface area contributed by atoms with Gasteiger partial charge in [-0.3, -0.25) is 18.7 Å². The first-order valence-corrected chi connectivity index (χ1v) is 10.2. The van der Waals surface area contributed by atoms with Gasteiger partial charge in [0.2, 0.25) is 5.91 Å². The average molecular weight is 448 g/mol. The van der Waals surface area contributed by atoms with E-state index in [4.69, 9.17) is 9.47 Å². The SMILES string of the molecule is COc1ccc(-c2c3c(=O)n(C)c(=O)n(C)c3cn2-c2ccc(NC(C)=O)cc2)cc1OC. The molecule has 0 aliphatic heterocycles. The Morgan fingerprint density at radius 3 is 2.18 bits per heavy atom. The van der Waals surface area contributed by atoms with Gasteiger partial charge in [0, 0.05) is 44.2 Å². The molecule has 0 saturated heterocycles. The van der Waals surface area contributed by atoms with Gasteiger partial charge in [0.1, 0.15) is 0 Å². The number of aryl methyl sites for hydroxylation is 1. The van der Waals surface area contributed by atoms with Gasteiger partial charge in [0.25, 0.3) is 5.56 Å². The Bertz CT molecular complexity index is 1490. The number of fused-ring (bicyclic) bond motifs is 1. The molecule has 4 rings (SSSR count). The number of hydrogen-bond acceptors (Lipinski definition) is 5. The maximum Gasteiger partial charge on any atom is 0.330 e. The Labute approximate surface area is 189 Å². The van der Waals surface area contributed by atoms with Crippen LogP contribution in [0, 0.1) is 0 Å². The number of carbonyl (C=O) groups excluding carboxylic acids is 1. The van der Waals surface area contributed by atoms with Crippen molar-refractivity contribution in [3.8, 4) is 28.4 Å². The fourth-order valence-electron chi connectivity index (χ4n) is 3.92. The smallest absolute Gasteiger partial charge is 0.330 e. The molecule has 2 aromatic heterocycles. The third-order valence-corrected chi connectivity index (χ3v) is 5.56. The molecule has 0 atom stereocenters. The van der Waals surface area contributed by atoms with Crippen LogP contribution in [0.2, 0.25) is 0 Å². The highest BCUT2D eigenvalue weighted by molar-refractivity contribution is 5.95. The molecule has 0 fully saturated rings. The lowest BCUT2D eigenvalue weighted by atomic mass is 10.1. The van der Waals surface area contributed by atoms with E-state index in [1.165, 1.54) is 18.5 Å². The fourth-order valence-corrected chi connectivity index (χ4v) is 3.92. The molecule has 170 valence electrons. The van der Waals surface area contributed by atoms with Crippen molar-refractivity contribution in [2.45, 2.75) is 6.92 Å². The lowest BCUT2D eigenvalue weighted by Crippen LogP contribution is -2.36. The highest BCUT2D eigenvalue weighted by atomic mass is 16.5. The van der Waals surface area contributed by atoms with E-state index >= 15 is 0 Å². The number of methoxy groups -OCH3 is 2. The largest absolute Gasteiger partial charge is 0.493 e. The number of anilines is 1. The van der Waals surface area contributed by atoms with E-state index in [1.807, 2.05) is 22.8 Å². The summed E-state index contributed by atoms with van der Waals surface area (Å²) >= 11 is 0. The minimum Gasteiger partial charge on any atom is -0.493 e. The van der Waals surface area contributed by atoms with Crippen molar-refractivity contribution in [2.24, 2.45) is 14.1 Å². The highest BCUT2D eigenvalue weighted by Gasteiger charge is 2.21. The first-order chi connectivity index (χ1) is 15.8. The third-order valence-electron chi connectivity index (χ3n) is 5.56. The van der Waals surface area contributed by atoms with E-state index in [2.05, 4.69) is 5.32 Å².